The lowest BCUT2D eigenvalue weighted by Gasteiger charge is -2.12. The van der Waals surface area contributed by atoms with Crippen LogP contribution >= 0.6 is 0 Å². The number of rotatable bonds is 3. The highest BCUT2D eigenvalue weighted by Gasteiger charge is 2.34. The van der Waals surface area contributed by atoms with Crippen molar-refractivity contribution in [2.24, 2.45) is 5.92 Å². The van der Waals surface area contributed by atoms with Crippen LogP contribution in [0.15, 0.2) is 18.2 Å². The highest BCUT2D eigenvalue weighted by Crippen LogP contribution is 2.45. The zero-order chi connectivity index (χ0) is 11.7. The molecule has 0 amide bonds. The number of hydrogen-bond donors (Lipinski definition) is 1. The second-order valence-electron chi connectivity index (χ2n) is 4.73. The molecule has 1 aromatic carbocycles. The Hall–Kier alpha value is -1.02. The topological polar surface area (TPSA) is 29.5 Å². The summed E-state index contributed by atoms with van der Waals surface area (Å²) in [7, 11) is 0. The molecule has 1 aliphatic carbocycles. The molecule has 2 heteroatoms. The van der Waals surface area contributed by atoms with Gasteiger partial charge in [-0.1, -0.05) is 26.8 Å². The molecular weight excluding hydrogens is 200 g/mol. The van der Waals surface area contributed by atoms with Crippen molar-refractivity contribution in [1.29, 1.82) is 0 Å². The Morgan fingerprint density at radius 3 is 2.69 bits per heavy atom. The minimum Gasteiger partial charge on any atom is -0.494 e. The second-order valence-corrected chi connectivity index (χ2v) is 4.73. The van der Waals surface area contributed by atoms with E-state index in [2.05, 4.69) is 26.8 Å². The quantitative estimate of drug-likeness (QED) is 0.847. The van der Waals surface area contributed by atoms with E-state index in [9.17, 15) is 5.11 Å². The van der Waals surface area contributed by atoms with Crippen molar-refractivity contribution in [3.63, 3.8) is 0 Å². The molecule has 0 aliphatic heterocycles. The van der Waals surface area contributed by atoms with Crippen LogP contribution in [0.5, 0.6) is 5.75 Å². The summed E-state index contributed by atoms with van der Waals surface area (Å²) in [5, 5.41) is 10.1. The van der Waals surface area contributed by atoms with Crippen molar-refractivity contribution in [2.75, 3.05) is 6.61 Å². The first-order valence-corrected chi connectivity index (χ1v) is 6.09. The number of ether oxygens (including phenoxy) is 1. The highest BCUT2D eigenvalue weighted by atomic mass is 16.5. The van der Waals surface area contributed by atoms with Crippen LogP contribution in [0.1, 0.15) is 50.3 Å². The summed E-state index contributed by atoms with van der Waals surface area (Å²) in [5.41, 5.74) is 2.32. The summed E-state index contributed by atoms with van der Waals surface area (Å²) < 4.78 is 5.59. The normalized spacial score (nSPS) is 27.9. The van der Waals surface area contributed by atoms with Crippen LogP contribution in [0.3, 0.4) is 0 Å². The van der Waals surface area contributed by atoms with E-state index in [-0.39, 0.29) is 6.10 Å². The molecule has 0 bridgehead atoms. The SMILES string of the molecule is CCCOc1ccc2c(c1)C(O)C(C)C2C. The van der Waals surface area contributed by atoms with Crippen molar-refractivity contribution in [3.05, 3.63) is 29.3 Å². The molecule has 1 aromatic rings. The summed E-state index contributed by atoms with van der Waals surface area (Å²) in [6, 6.07) is 6.10. The fraction of sp³-hybridized carbons (Fsp3) is 0.571. The van der Waals surface area contributed by atoms with E-state index in [1.807, 2.05) is 12.1 Å². The molecule has 0 saturated carbocycles. The number of aliphatic hydroxyl groups excluding tert-OH is 1. The van der Waals surface area contributed by atoms with Gasteiger partial charge in [-0.3, -0.25) is 0 Å². The molecule has 3 atom stereocenters. The molecule has 0 heterocycles. The average molecular weight is 220 g/mol. The molecule has 2 nitrogen and oxygen atoms in total. The van der Waals surface area contributed by atoms with E-state index in [4.69, 9.17) is 4.74 Å². The molecule has 88 valence electrons. The van der Waals surface area contributed by atoms with Crippen molar-refractivity contribution in [2.45, 2.75) is 39.2 Å². The number of aliphatic hydroxyl groups is 1. The molecule has 16 heavy (non-hydrogen) atoms. The van der Waals surface area contributed by atoms with Gasteiger partial charge in [-0.2, -0.15) is 0 Å². The summed E-state index contributed by atoms with van der Waals surface area (Å²) >= 11 is 0. The third kappa shape index (κ3) is 1.82. The summed E-state index contributed by atoms with van der Waals surface area (Å²) in [4.78, 5) is 0. The van der Waals surface area contributed by atoms with Crippen LogP contribution in [-0.2, 0) is 0 Å². The third-order valence-electron chi connectivity index (χ3n) is 3.63. The van der Waals surface area contributed by atoms with Gasteiger partial charge in [0.05, 0.1) is 12.7 Å². The molecule has 2 rings (SSSR count). The van der Waals surface area contributed by atoms with E-state index in [1.54, 1.807) is 0 Å². The Morgan fingerprint density at radius 2 is 2.00 bits per heavy atom. The van der Waals surface area contributed by atoms with Gasteiger partial charge in [0.2, 0.25) is 0 Å². The maximum Gasteiger partial charge on any atom is 0.119 e. The largest absolute Gasteiger partial charge is 0.494 e. The van der Waals surface area contributed by atoms with Crippen molar-refractivity contribution in [1.82, 2.24) is 0 Å². The Kier molecular flexibility index (Phi) is 3.20. The third-order valence-corrected chi connectivity index (χ3v) is 3.63. The molecule has 0 radical (unpaired) electrons. The minimum atomic E-state index is -0.338. The monoisotopic (exact) mass is 220 g/mol. The summed E-state index contributed by atoms with van der Waals surface area (Å²) in [6.07, 6.45) is 0.669. The van der Waals surface area contributed by atoms with Gasteiger partial charge < -0.3 is 9.84 Å². The Balaban J connectivity index is 2.26. The van der Waals surface area contributed by atoms with Crippen LogP contribution in [0.2, 0.25) is 0 Å². The zero-order valence-electron chi connectivity index (χ0n) is 10.2. The minimum absolute atomic E-state index is 0.302. The zero-order valence-corrected chi connectivity index (χ0v) is 10.2. The Morgan fingerprint density at radius 1 is 1.25 bits per heavy atom. The lowest BCUT2D eigenvalue weighted by atomic mass is 9.96. The van der Waals surface area contributed by atoms with E-state index < -0.39 is 0 Å². The van der Waals surface area contributed by atoms with Gasteiger partial charge in [0.1, 0.15) is 5.75 Å². The van der Waals surface area contributed by atoms with Gasteiger partial charge in [0.25, 0.3) is 0 Å². The number of hydrogen-bond acceptors (Lipinski definition) is 2. The van der Waals surface area contributed by atoms with Gasteiger partial charge in [0, 0.05) is 0 Å². The van der Waals surface area contributed by atoms with Crippen molar-refractivity contribution < 1.29 is 9.84 Å². The highest BCUT2D eigenvalue weighted by molar-refractivity contribution is 5.43. The van der Waals surface area contributed by atoms with E-state index in [1.165, 1.54) is 5.56 Å². The van der Waals surface area contributed by atoms with Crippen LogP contribution in [-0.4, -0.2) is 11.7 Å². The molecular formula is C14H20O2. The van der Waals surface area contributed by atoms with Gasteiger partial charge in [0.15, 0.2) is 0 Å². The molecule has 0 aromatic heterocycles. The van der Waals surface area contributed by atoms with Gasteiger partial charge in [-0.25, -0.2) is 0 Å². The fourth-order valence-electron chi connectivity index (χ4n) is 2.37. The summed E-state index contributed by atoms with van der Waals surface area (Å²) in [5.74, 6) is 1.61. The van der Waals surface area contributed by atoms with Gasteiger partial charge in [-0.05, 0) is 41.5 Å². The predicted octanol–water partition coefficient (Wildman–Crippen LogP) is 3.26. The Bertz CT molecular complexity index is 373. The average Bonchev–Trinajstić information content (AvgIpc) is 2.52. The van der Waals surface area contributed by atoms with Crippen LogP contribution < -0.4 is 4.74 Å². The Labute approximate surface area is 97.3 Å². The fourth-order valence-corrected chi connectivity index (χ4v) is 2.37. The molecule has 0 spiro atoms. The first kappa shape index (κ1) is 11.5. The molecule has 3 unspecified atom stereocenters. The smallest absolute Gasteiger partial charge is 0.119 e. The predicted molar refractivity (Wildman–Crippen MR) is 64.8 cm³/mol. The number of benzene rings is 1. The van der Waals surface area contributed by atoms with Gasteiger partial charge in [-0.15, -0.1) is 0 Å². The van der Waals surface area contributed by atoms with Crippen molar-refractivity contribution in [3.8, 4) is 5.75 Å². The molecule has 0 fully saturated rings. The maximum absolute atomic E-state index is 10.1. The van der Waals surface area contributed by atoms with E-state index in [0.29, 0.717) is 11.8 Å². The first-order valence-electron chi connectivity index (χ1n) is 6.09. The van der Waals surface area contributed by atoms with E-state index >= 15 is 0 Å². The van der Waals surface area contributed by atoms with Crippen molar-refractivity contribution >= 4 is 0 Å². The van der Waals surface area contributed by atoms with E-state index in [0.717, 1.165) is 24.3 Å². The molecule has 1 aliphatic rings. The van der Waals surface area contributed by atoms with Crippen LogP contribution in [0.4, 0.5) is 0 Å². The van der Waals surface area contributed by atoms with Gasteiger partial charge >= 0.3 is 0 Å². The lowest BCUT2D eigenvalue weighted by molar-refractivity contribution is 0.123. The standard InChI is InChI=1S/C14H20O2/c1-4-7-16-11-5-6-12-9(2)10(3)14(15)13(12)8-11/h5-6,8-10,14-15H,4,7H2,1-3H3. The lowest BCUT2D eigenvalue weighted by Crippen LogP contribution is -2.04. The number of fused-ring (bicyclic) bond motifs is 1. The summed E-state index contributed by atoms with van der Waals surface area (Å²) in [6.45, 7) is 7.10. The second kappa shape index (κ2) is 4.46. The molecule has 1 N–H and O–H groups in total. The maximum atomic E-state index is 10.1. The first-order chi connectivity index (χ1) is 7.65. The van der Waals surface area contributed by atoms with Crippen LogP contribution in [0, 0.1) is 5.92 Å². The van der Waals surface area contributed by atoms with Crippen LogP contribution in [0.25, 0.3) is 0 Å². The molecule has 0 saturated heterocycles.